The summed E-state index contributed by atoms with van der Waals surface area (Å²) in [5, 5.41) is 11.7. The van der Waals surface area contributed by atoms with Crippen LogP contribution in [-0.2, 0) is 4.79 Å². The van der Waals surface area contributed by atoms with Crippen LogP contribution in [0.25, 0.3) is 0 Å². The van der Waals surface area contributed by atoms with Gasteiger partial charge >= 0.3 is 0 Å². The molecule has 1 amide bonds. The third-order valence-corrected chi connectivity index (χ3v) is 4.23. The van der Waals surface area contributed by atoms with E-state index in [1.165, 1.54) is 0 Å². The van der Waals surface area contributed by atoms with Gasteiger partial charge in [-0.1, -0.05) is 5.16 Å². The predicted octanol–water partition coefficient (Wildman–Crippen LogP) is 1.60. The number of hydrogen-bond acceptors (Lipinski definition) is 3. The van der Waals surface area contributed by atoms with Crippen molar-refractivity contribution >= 4 is 17.4 Å². The minimum Gasteiger partial charge on any atom is -0.409 e. The molecule has 2 aliphatic rings. The molecule has 0 spiro atoms. The molecule has 1 aromatic carbocycles. The van der Waals surface area contributed by atoms with Gasteiger partial charge in [0, 0.05) is 23.2 Å². The SMILES string of the molecule is Cc1cc(N2C(=O)C3CCC2C3)ccc1C(N)=NO. The summed E-state index contributed by atoms with van der Waals surface area (Å²) in [6.07, 6.45) is 3.11. The zero-order valence-corrected chi connectivity index (χ0v) is 10.8. The maximum Gasteiger partial charge on any atom is 0.230 e. The Labute approximate surface area is 111 Å². The van der Waals surface area contributed by atoms with Gasteiger partial charge in [0.05, 0.1) is 0 Å². The van der Waals surface area contributed by atoms with Gasteiger partial charge in [-0.15, -0.1) is 0 Å². The Bertz CT molecular complexity index is 568. The molecule has 5 heteroatoms. The van der Waals surface area contributed by atoms with Gasteiger partial charge in [0.15, 0.2) is 5.84 Å². The number of carbonyl (C=O) groups is 1. The lowest BCUT2D eigenvalue weighted by Crippen LogP contribution is -2.37. The summed E-state index contributed by atoms with van der Waals surface area (Å²) in [5.74, 6) is 0.555. The molecule has 2 bridgehead atoms. The van der Waals surface area contributed by atoms with Crippen molar-refractivity contribution in [1.82, 2.24) is 0 Å². The fraction of sp³-hybridized carbons (Fsp3) is 0.429. The van der Waals surface area contributed by atoms with Gasteiger partial charge < -0.3 is 15.8 Å². The van der Waals surface area contributed by atoms with Crippen molar-refractivity contribution in [2.45, 2.75) is 32.2 Å². The molecule has 19 heavy (non-hydrogen) atoms. The van der Waals surface area contributed by atoms with Gasteiger partial charge in [-0.3, -0.25) is 4.79 Å². The lowest BCUT2D eigenvalue weighted by Gasteiger charge is -2.27. The zero-order chi connectivity index (χ0) is 13.6. The highest BCUT2D eigenvalue weighted by Gasteiger charge is 2.45. The summed E-state index contributed by atoms with van der Waals surface area (Å²) in [6.45, 7) is 1.90. The summed E-state index contributed by atoms with van der Waals surface area (Å²) in [6, 6.07) is 5.97. The largest absolute Gasteiger partial charge is 0.409 e. The molecule has 3 rings (SSSR count). The van der Waals surface area contributed by atoms with Crippen molar-refractivity contribution in [3.63, 3.8) is 0 Å². The molecule has 3 N–H and O–H groups in total. The number of aryl methyl sites for hydroxylation is 1. The van der Waals surface area contributed by atoms with E-state index in [0.29, 0.717) is 11.6 Å². The molecule has 100 valence electrons. The molecule has 2 atom stereocenters. The molecule has 2 fully saturated rings. The maximum absolute atomic E-state index is 12.2. The number of nitrogens with zero attached hydrogens (tertiary/aromatic N) is 2. The number of amidine groups is 1. The number of anilines is 1. The molecule has 1 aromatic rings. The molecule has 1 heterocycles. The first-order valence-electron chi connectivity index (χ1n) is 6.53. The lowest BCUT2D eigenvalue weighted by molar-refractivity contribution is -0.121. The van der Waals surface area contributed by atoms with E-state index < -0.39 is 0 Å². The highest BCUT2D eigenvalue weighted by atomic mass is 16.4. The number of carbonyl (C=O) groups excluding carboxylic acids is 1. The van der Waals surface area contributed by atoms with Crippen LogP contribution < -0.4 is 10.6 Å². The third kappa shape index (κ3) is 1.77. The standard InChI is InChI=1S/C14H17N3O2/c1-8-6-10(4-5-12(8)13(15)16-19)17-11-3-2-9(7-11)14(17)18/h4-6,9,11,19H,2-3,7H2,1H3,(H2,15,16). The van der Waals surface area contributed by atoms with Gasteiger partial charge in [0.25, 0.3) is 0 Å². The van der Waals surface area contributed by atoms with Gasteiger partial charge in [0.1, 0.15) is 0 Å². The molecule has 2 unspecified atom stereocenters. The second-order valence-corrected chi connectivity index (χ2v) is 5.36. The Balaban J connectivity index is 1.95. The van der Waals surface area contributed by atoms with Crippen LogP contribution in [0.2, 0.25) is 0 Å². The van der Waals surface area contributed by atoms with E-state index in [4.69, 9.17) is 10.9 Å². The van der Waals surface area contributed by atoms with Crippen LogP contribution in [0.3, 0.4) is 0 Å². The van der Waals surface area contributed by atoms with Crippen LogP contribution in [0.4, 0.5) is 5.69 Å². The van der Waals surface area contributed by atoms with Crippen LogP contribution in [0.15, 0.2) is 23.4 Å². The van der Waals surface area contributed by atoms with Crippen LogP contribution in [0.1, 0.15) is 30.4 Å². The third-order valence-electron chi connectivity index (χ3n) is 4.23. The van der Waals surface area contributed by atoms with Crippen molar-refractivity contribution in [2.75, 3.05) is 4.90 Å². The van der Waals surface area contributed by atoms with Crippen LogP contribution >= 0.6 is 0 Å². The first-order chi connectivity index (χ1) is 9.11. The van der Waals surface area contributed by atoms with E-state index in [2.05, 4.69) is 5.16 Å². The van der Waals surface area contributed by atoms with E-state index in [0.717, 1.165) is 30.5 Å². The number of rotatable bonds is 2. The number of amides is 1. The second kappa shape index (κ2) is 4.26. The summed E-state index contributed by atoms with van der Waals surface area (Å²) < 4.78 is 0. The minimum absolute atomic E-state index is 0.0957. The normalized spacial score (nSPS) is 26.3. The quantitative estimate of drug-likeness (QED) is 0.366. The smallest absolute Gasteiger partial charge is 0.230 e. The van der Waals surface area contributed by atoms with Gasteiger partial charge in [-0.2, -0.15) is 0 Å². The molecule has 5 nitrogen and oxygen atoms in total. The summed E-state index contributed by atoms with van der Waals surface area (Å²) >= 11 is 0. The lowest BCUT2D eigenvalue weighted by atomic mass is 10.0. The predicted molar refractivity (Wildman–Crippen MR) is 72.3 cm³/mol. The fourth-order valence-corrected chi connectivity index (χ4v) is 3.27. The summed E-state index contributed by atoms with van der Waals surface area (Å²) in [5.41, 5.74) is 8.13. The molecular formula is C14H17N3O2. The van der Waals surface area contributed by atoms with Crippen molar-refractivity contribution < 1.29 is 10.0 Å². The van der Waals surface area contributed by atoms with Crippen LogP contribution in [0, 0.1) is 12.8 Å². The average Bonchev–Trinajstić information content (AvgIpc) is 2.98. The zero-order valence-electron chi connectivity index (χ0n) is 10.8. The monoisotopic (exact) mass is 259 g/mol. The molecule has 1 aliphatic carbocycles. The first-order valence-corrected chi connectivity index (χ1v) is 6.53. The topological polar surface area (TPSA) is 78.9 Å². The summed E-state index contributed by atoms with van der Waals surface area (Å²) in [4.78, 5) is 14.1. The number of benzene rings is 1. The van der Waals surface area contributed by atoms with E-state index in [-0.39, 0.29) is 17.7 Å². The van der Waals surface area contributed by atoms with Crippen molar-refractivity contribution in [3.8, 4) is 0 Å². The van der Waals surface area contributed by atoms with E-state index in [1.807, 2.05) is 24.0 Å². The highest BCUT2D eigenvalue weighted by molar-refractivity contribution is 6.01. The van der Waals surface area contributed by atoms with Crippen molar-refractivity contribution in [2.24, 2.45) is 16.8 Å². The number of piperidine rings is 1. The average molecular weight is 259 g/mol. The Hall–Kier alpha value is -2.04. The number of oxime groups is 1. The summed E-state index contributed by atoms with van der Waals surface area (Å²) in [7, 11) is 0. The second-order valence-electron chi connectivity index (χ2n) is 5.36. The molecular weight excluding hydrogens is 242 g/mol. The number of fused-ring (bicyclic) bond motifs is 2. The molecule has 1 aliphatic heterocycles. The van der Waals surface area contributed by atoms with Crippen LogP contribution in [-0.4, -0.2) is 23.0 Å². The number of nitrogens with two attached hydrogens (primary N) is 1. The van der Waals surface area contributed by atoms with Gasteiger partial charge in [-0.25, -0.2) is 0 Å². The Morgan fingerprint density at radius 3 is 2.84 bits per heavy atom. The first kappa shape index (κ1) is 12.0. The van der Waals surface area contributed by atoms with E-state index >= 15 is 0 Å². The molecule has 0 radical (unpaired) electrons. The van der Waals surface area contributed by atoms with E-state index in [9.17, 15) is 4.79 Å². The number of hydrogen-bond donors (Lipinski definition) is 2. The van der Waals surface area contributed by atoms with Gasteiger partial charge in [0.2, 0.25) is 5.91 Å². The highest BCUT2D eigenvalue weighted by Crippen LogP contribution is 2.41. The molecule has 1 saturated heterocycles. The van der Waals surface area contributed by atoms with Crippen LogP contribution in [0.5, 0.6) is 0 Å². The fourth-order valence-electron chi connectivity index (χ4n) is 3.27. The van der Waals surface area contributed by atoms with Crippen molar-refractivity contribution in [3.05, 3.63) is 29.3 Å². The Morgan fingerprint density at radius 1 is 1.47 bits per heavy atom. The minimum atomic E-state index is 0.0957. The van der Waals surface area contributed by atoms with E-state index in [1.54, 1.807) is 6.07 Å². The molecule has 0 aromatic heterocycles. The maximum atomic E-state index is 12.2. The Morgan fingerprint density at radius 2 is 2.26 bits per heavy atom. The van der Waals surface area contributed by atoms with Gasteiger partial charge in [-0.05, 0) is 49.9 Å². The molecule has 1 saturated carbocycles. The Kier molecular flexibility index (Phi) is 2.69. The van der Waals surface area contributed by atoms with Crippen molar-refractivity contribution in [1.29, 1.82) is 0 Å².